The molecule has 1 fully saturated rings. The van der Waals surface area contributed by atoms with Crippen LogP contribution in [-0.4, -0.2) is 20.7 Å². The molecule has 0 bridgehead atoms. The van der Waals surface area contributed by atoms with Gasteiger partial charge >= 0.3 is 0 Å². The van der Waals surface area contributed by atoms with Crippen molar-refractivity contribution in [2.75, 3.05) is 0 Å². The molecule has 0 saturated heterocycles. The molecule has 1 heterocycles. The molecule has 1 aliphatic rings. The lowest BCUT2D eigenvalue weighted by atomic mass is 10.1. The second-order valence-electron chi connectivity index (χ2n) is 5.53. The van der Waals surface area contributed by atoms with E-state index in [1.165, 1.54) is 6.07 Å². The van der Waals surface area contributed by atoms with Crippen molar-refractivity contribution >= 4 is 18.1 Å². The predicted molar refractivity (Wildman–Crippen MR) is 82.1 cm³/mol. The molecule has 1 amide bonds. The average Bonchev–Trinajstić information content (AvgIpc) is 3.25. The van der Waals surface area contributed by atoms with Crippen molar-refractivity contribution < 1.29 is 13.6 Å². The molecular formula is C15H16F2N4OS. The first-order valence-corrected chi connectivity index (χ1v) is 7.78. The molecule has 122 valence electrons. The van der Waals surface area contributed by atoms with Gasteiger partial charge in [0.25, 0.3) is 0 Å². The second-order valence-corrected chi connectivity index (χ2v) is 5.92. The van der Waals surface area contributed by atoms with Crippen LogP contribution in [0.1, 0.15) is 30.7 Å². The fourth-order valence-corrected chi connectivity index (χ4v) is 2.98. The number of hydrogen-bond acceptors (Lipinski definition) is 3. The van der Waals surface area contributed by atoms with E-state index in [4.69, 9.17) is 12.2 Å². The summed E-state index contributed by atoms with van der Waals surface area (Å²) in [5, 5.41) is 9.59. The summed E-state index contributed by atoms with van der Waals surface area (Å²) in [5.41, 5.74) is 0.653. The first-order valence-electron chi connectivity index (χ1n) is 7.38. The van der Waals surface area contributed by atoms with Gasteiger partial charge in [-0.25, -0.2) is 8.78 Å². The van der Waals surface area contributed by atoms with Gasteiger partial charge in [-0.2, -0.15) is 5.10 Å². The monoisotopic (exact) mass is 338 g/mol. The summed E-state index contributed by atoms with van der Waals surface area (Å²) in [7, 11) is 0. The highest BCUT2D eigenvalue weighted by Crippen LogP contribution is 2.47. The molecule has 2 unspecified atom stereocenters. The third-order valence-electron chi connectivity index (χ3n) is 4.07. The molecule has 0 radical (unpaired) electrons. The zero-order chi connectivity index (χ0) is 16.6. The van der Waals surface area contributed by atoms with Crippen molar-refractivity contribution in [1.82, 2.24) is 20.1 Å². The van der Waals surface area contributed by atoms with Crippen molar-refractivity contribution in [1.29, 1.82) is 0 Å². The average molecular weight is 338 g/mol. The highest BCUT2D eigenvalue weighted by atomic mass is 32.1. The molecule has 0 aliphatic heterocycles. The summed E-state index contributed by atoms with van der Waals surface area (Å²) >= 11 is 5.09. The van der Waals surface area contributed by atoms with Gasteiger partial charge in [0.2, 0.25) is 5.91 Å². The van der Waals surface area contributed by atoms with E-state index in [0.29, 0.717) is 29.1 Å². The van der Waals surface area contributed by atoms with E-state index < -0.39 is 11.6 Å². The molecule has 2 atom stereocenters. The molecule has 3 rings (SSSR count). The predicted octanol–water partition coefficient (Wildman–Crippen LogP) is 2.66. The van der Waals surface area contributed by atoms with Crippen LogP contribution in [0.25, 0.3) is 0 Å². The number of hydrogen-bond donors (Lipinski definition) is 2. The maximum atomic E-state index is 13.3. The molecule has 1 aromatic carbocycles. The van der Waals surface area contributed by atoms with E-state index in [1.54, 1.807) is 4.57 Å². The molecule has 8 heteroatoms. The highest BCUT2D eigenvalue weighted by molar-refractivity contribution is 7.71. The van der Waals surface area contributed by atoms with Crippen LogP contribution in [0.3, 0.4) is 0 Å². The maximum absolute atomic E-state index is 13.3. The van der Waals surface area contributed by atoms with Gasteiger partial charge in [0.1, 0.15) is 0 Å². The van der Waals surface area contributed by atoms with Crippen molar-refractivity contribution in [3.05, 3.63) is 46.0 Å². The number of benzene rings is 1. The second kappa shape index (κ2) is 6.19. The Morgan fingerprint density at radius 2 is 2.26 bits per heavy atom. The van der Waals surface area contributed by atoms with Crippen LogP contribution >= 0.6 is 12.2 Å². The van der Waals surface area contributed by atoms with Crippen LogP contribution in [0.2, 0.25) is 0 Å². The zero-order valence-corrected chi connectivity index (χ0v) is 13.3. The highest BCUT2D eigenvalue weighted by Gasteiger charge is 2.44. The number of aromatic amines is 1. The van der Waals surface area contributed by atoms with Gasteiger partial charge in [0.15, 0.2) is 22.2 Å². The molecule has 23 heavy (non-hydrogen) atoms. The van der Waals surface area contributed by atoms with Crippen LogP contribution < -0.4 is 5.32 Å². The van der Waals surface area contributed by atoms with Gasteiger partial charge in [-0.15, -0.1) is 0 Å². The van der Waals surface area contributed by atoms with E-state index >= 15 is 0 Å². The van der Waals surface area contributed by atoms with Crippen LogP contribution in [0.5, 0.6) is 0 Å². The lowest BCUT2D eigenvalue weighted by Crippen LogP contribution is -2.26. The Morgan fingerprint density at radius 1 is 1.48 bits per heavy atom. The molecular weight excluding hydrogens is 322 g/mol. The fourth-order valence-electron chi connectivity index (χ4n) is 2.70. The summed E-state index contributed by atoms with van der Waals surface area (Å²) in [4.78, 5) is 12.2. The Morgan fingerprint density at radius 3 is 2.96 bits per heavy atom. The maximum Gasteiger partial charge on any atom is 0.224 e. The number of nitrogens with one attached hydrogen (secondary N) is 2. The summed E-state index contributed by atoms with van der Waals surface area (Å²) in [6, 6.07) is 3.78. The number of amides is 1. The lowest BCUT2D eigenvalue weighted by Gasteiger charge is -2.06. The lowest BCUT2D eigenvalue weighted by molar-refractivity contribution is -0.122. The normalized spacial score (nSPS) is 19.6. The van der Waals surface area contributed by atoms with E-state index in [2.05, 4.69) is 15.5 Å². The van der Waals surface area contributed by atoms with E-state index in [1.807, 2.05) is 6.92 Å². The Labute approximate surface area is 136 Å². The minimum Gasteiger partial charge on any atom is -0.349 e. The molecule has 1 aliphatic carbocycles. The topological polar surface area (TPSA) is 62.7 Å². The summed E-state index contributed by atoms with van der Waals surface area (Å²) in [6.45, 7) is 2.89. The number of carbonyl (C=O) groups excluding carboxylic acids is 1. The number of halogens is 2. The first-order chi connectivity index (χ1) is 11.0. The molecule has 5 nitrogen and oxygen atoms in total. The molecule has 1 aromatic heterocycles. The zero-order valence-electron chi connectivity index (χ0n) is 12.5. The van der Waals surface area contributed by atoms with Crippen LogP contribution in [-0.2, 0) is 17.9 Å². The molecule has 0 spiro atoms. The fraction of sp³-hybridized carbons (Fsp3) is 0.400. The van der Waals surface area contributed by atoms with Crippen molar-refractivity contribution in [3.8, 4) is 0 Å². The smallest absolute Gasteiger partial charge is 0.224 e. The van der Waals surface area contributed by atoms with Gasteiger partial charge in [0, 0.05) is 12.5 Å². The third-order valence-corrected chi connectivity index (χ3v) is 4.38. The summed E-state index contributed by atoms with van der Waals surface area (Å²) in [6.07, 6.45) is 0.636. The number of aromatic nitrogens is 3. The Hall–Kier alpha value is -2.09. The number of H-pyrrole nitrogens is 1. The standard InChI is InChI=1S/C15H16F2N4OS/c1-2-21-13(19-20-15(21)23)7-18-14(22)10-6-9(10)8-3-4-11(16)12(17)5-8/h3-5,9-10H,2,6-7H2,1H3,(H,18,22)(H,20,23). The Bertz CT molecular complexity index is 801. The SMILES string of the molecule is CCn1c(CNC(=O)C2CC2c2ccc(F)c(F)c2)n[nH]c1=S. The van der Waals surface area contributed by atoms with Gasteiger partial charge in [-0.1, -0.05) is 6.07 Å². The van der Waals surface area contributed by atoms with Gasteiger partial charge in [-0.05, 0) is 49.2 Å². The Balaban J connectivity index is 1.60. The van der Waals surface area contributed by atoms with Crippen molar-refractivity contribution in [2.24, 2.45) is 5.92 Å². The number of carbonyl (C=O) groups is 1. The van der Waals surface area contributed by atoms with Gasteiger partial charge in [0.05, 0.1) is 6.54 Å². The summed E-state index contributed by atoms with van der Waals surface area (Å²) < 4.78 is 28.5. The van der Waals surface area contributed by atoms with Crippen molar-refractivity contribution in [2.45, 2.75) is 32.4 Å². The number of rotatable bonds is 5. The Kier molecular flexibility index (Phi) is 4.25. The third kappa shape index (κ3) is 3.17. The summed E-state index contributed by atoms with van der Waals surface area (Å²) in [5.74, 6) is -1.48. The van der Waals surface area contributed by atoms with E-state index in [9.17, 15) is 13.6 Å². The van der Waals surface area contributed by atoms with Crippen molar-refractivity contribution in [3.63, 3.8) is 0 Å². The minimum atomic E-state index is -0.882. The van der Waals surface area contributed by atoms with E-state index in [-0.39, 0.29) is 24.3 Å². The van der Waals surface area contributed by atoms with Gasteiger partial charge < -0.3 is 9.88 Å². The first kappa shape index (κ1) is 15.8. The number of nitrogens with zero attached hydrogens (tertiary/aromatic N) is 2. The molecule has 2 aromatic rings. The van der Waals surface area contributed by atoms with E-state index in [0.717, 1.165) is 12.1 Å². The van der Waals surface area contributed by atoms with Crippen LogP contribution in [0, 0.1) is 22.3 Å². The molecule has 1 saturated carbocycles. The quantitative estimate of drug-likeness (QED) is 0.824. The minimum absolute atomic E-state index is 0.0582. The van der Waals surface area contributed by atoms with Crippen LogP contribution in [0.4, 0.5) is 8.78 Å². The molecule has 2 N–H and O–H groups in total. The largest absolute Gasteiger partial charge is 0.349 e. The van der Waals surface area contributed by atoms with Crippen LogP contribution in [0.15, 0.2) is 18.2 Å². The van der Waals surface area contributed by atoms with Gasteiger partial charge in [-0.3, -0.25) is 9.89 Å².